The summed E-state index contributed by atoms with van der Waals surface area (Å²) in [5, 5.41) is 3.68. The van der Waals surface area contributed by atoms with Gasteiger partial charge in [0.25, 0.3) is 5.91 Å². The SMILES string of the molecule is C#CCN1CC(=O)N(COC(=O)C2C(/C=N/OC)C2(C)C)C1=O. The fraction of sp³-hybridized carbons (Fsp3) is 0.600. The lowest BCUT2D eigenvalue weighted by molar-refractivity contribution is -0.151. The van der Waals surface area contributed by atoms with Crippen LogP contribution in [0.4, 0.5) is 4.79 Å². The van der Waals surface area contributed by atoms with Gasteiger partial charge < -0.3 is 14.5 Å². The summed E-state index contributed by atoms with van der Waals surface area (Å²) in [6, 6.07) is -0.548. The Labute approximate surface area is 134 Å². The summed E-state index contributed by atoms with van der Waals surface area (Å²) < 4.78 is 5.13. The molecule has 1 aliphatic carbocycles. The molecular formula is C15H19N3O5. The number of urea groups is 1. The van der Waals surface area contributed by atoms with E-state index in [-0.39, 0.29) is 30.3 Å². The monoisotopic (exact) mass is 321 g/mol. The average Bonchev–Trinajstić information content (AvgIpc) is 2.93. The smallest absolute Gasteiger partial charge is 0.330 e. The molecule has 2 fully saturated rings. The van der Waals surface area contributed by atoms with Crippen LogP contribution in [0.2, 0.25) is 0 Å². The minimum Gasteiger partial charge on any atom is -0.443 e. The van der Waals surface area contributed by atoms with Crippen molar-refractivity contribution >= 4 is 24.1 Å². The Morgan fingerprint density at radius 3 is 2.83 bits per heavy atom. The quantitative estimate of drug-likeness (QED) is 0.231. The number of terminal acetylenes is 1. The van der Waals surface area contributed by atoms with Gasteiger partial charge in [0.1, 0.15) is 13.7 Å². The highest BCUT2D eigenvalue weighted by molar-refractivity contribution is 6.02. The number of carbonyl (C=O) groups is 3. The van der Waals surface area contributed by atoms with E-state index in [1.807, 2.05) is 13.8 Å². The number of esters is 1. The van der Waals surface area contributed by atoms with Crippen LogP contribution >= 0.6 is 0 Å². The van der Waals surface area contributed by atoms with Crippen LogP contribution in [-0.2, 0) is 19.2 Å². The van der Waals surface area contributed by atoms with Crippen molar-refractivity contribution in [2.45, 2.75) is 13.8 Å². The van der Waals surface area contributed by atoms with Crippen molar-refractivity contribution in [3.63, 3.8) is 0 Å². The zero-order valence-electron chi connectivity index (χ0n) is 13.3. The van der Waals surface area contributed by atoms with Crippen LogP contribution in [0.25, 0.3) is 0 Å². The molecule has 0 aromatic carbocycles. The molecule has 2 unspecified atom stereocenters. The van der Waals surface area contributed by atoms with Gasteiger partial charge >= 0.3 is 12.0 Å². The van der Waals surface area contributed by atoms with E-state index in [1.54, 1.807) is 6.21 Å². The lowest BCUT2D eigenvalue weighted by Gasteiger charge is -2.15. The van der Waals surface area contributed by atoms with Gasteiger partial charge in [0.2, 0.25) is 0 Å². The number of hydrogen-bond donors (Lipinski definition) is 0. The predicted molar refractivity (Wildman–Crippen MR) is 79.9 cm³/mol. The summed E-state index contributed by atoms with van der Waals surface area (Å²) in [6.07, 6.45) is 6.70. The van der Waals surface area contributed by atoms with Gasteiger partial charge in [0.15, 0.2) is 6.73 Å². The molecule has 124 valence electrons. The van der Waals surface area contributed by atoms with Gasteiger partial charge in [-0.3, -0.25) is 9.59 Å². The molecule has 0 aromatic heterocycles. The van der Waals surface area contributed by atoms with Gasteiger partial charge in [-0.25, -0.2) is 9.69 Å². The van der Waals surface area contributed by atoms with Crippen LogP contribution < -0.4 is 0 Å². The third-order valence-electron chi connectivity index (χ3n) is 4.24. The van der Waals surface area contributed by atoms with E-state index < -0.39 is 24.6 Å². The van der Waals surface area contributed by atoms with E-state index in [0.29, 0.717) is 0 Å². The van der Waals surface area contributed by atoms with E-state index in [2.05, 4.69) is 15.9 Å². The van der Waals surface area contributed by atoms with Crippen molar-refractivity contribution in [3.8, 4) is 12.3 Å². The summed E-state index contributed by atoms with van der Waals surface area (Å²) in [5.74, 6) is 0.912. The van der Waals surface area contributed by atoms with Crippen LogP contribution in [-0.4, -0.2) is 60.9 Å². The minimum absolute atomic E-state index is 0.0419. The predicted octanol–water partition coefficient (Wildman–Crippen LogP) is 0.289. The van der Waals surface area contributed by atoms with E-state index in [4.69, 9.17) is 11.2 Å². The van der Waals surface area contributed by atoms with Crippen molar-refractivity contribution in [1.29, 1.82) is 0 Å². The van der Waals surface area contributed by atoms with Gasteiger partial charge in [-0.15, -0.1) is 6.42 Å². The second kappa shape index (κ2) is 6.28. The molecule has 2 aliphatic rings. The maximum Gasteiger partial charge on any atom is 0.330 e. The highest BCUT2D eigenvalue weighted by Crippen LogP contribution is 2.57. The summed E-state index contributed by atoms with van der Waals surface area (Å²) in [7, 11) is 1.42. The third-order valence-corrected chi connectivity index (χ3v) is 4.24. The molecule has 0 N–H and O–H groups in total. The van der Waals surface area contributed by atoms with Crippen molar-refractivity contribution in [1.82, 2.24) is 9.80 Å². The molecule has 0 spiro atoms. The lowest BCUT2D eigenvalue weighted by Crippen LogP contribution is -2.36. The number of ether oxygens (including phenoxy) is 1. The molecule has 1 heterocycles. The van der Waals surface area contributed by atoms with Crippen LogP contribution in [0.5, 0.6) is 0 Å². The lowest BCUT2D eigenvalue weighted by atomic mass is 10.1. The Morgan fingerprint density at radius 1 is 1.52 bits per heavy atom. The number of imide groups is 1. The van der Waals surface area contributed by atoms with Crippen LogP contribution in [0.3, 0.4) is 0 Å². The Balaban J connectivity index is 1.91. The first-order valence-corrected chi connectivity index (χ1v) is 7.10. The third kappa shape index (κ3) is 3.13. The molecule has 1 aliphatic heterocycles. The fourth-order valence-corrected chi connectivity index (χ4v) is 2.71. The van der Waals surface area contributed by atoms with Crippen LogP contribution in [0.1, 0.15) is 13.8 Å². The highest BCUT2D eigenvalue weighted by atomic mass is 16.6. The maximum atomic E-state index is 12.2. The molecule has 3 amide bonds. The molecule has 2 rings (SSSR count). The Hall–Kier alpha value is -2.56. The molecule has 2 atom stereocenters. The number of carbonyl (C=O) groups excluding carboxylic acids is 3. The maximum absolute atomic E-state index is 12.2. The van der Waals surface area contributed by atoms with Crippen LogP contribution in [0, 0.1) is 29.6 Å². The molecule has 1 saturated carbocycles. The molecule has 8 heteroatoms. The number of hydrogen-bond acceptors (Lipinski definition) is 6. The normalized spacial score (nSPS) is 25.7. The van der Waals surface area contributed by atoms with Crippen molar-refractivity contribution < 1.29 is 24.0 Å². The Kier molecular flexibility index (Phi) is 4.59. The van der Waals surface area contributed by atoms with E-state index >= 15 is 0 Å². The number of nitrogens with zero attached hydrogens (tertiary/aromatic N) is 3. The number of oxime groups is 1. The summed E-state index contributed by atoms with van der Waals surface area (Å²) in [5.41, 5.74) is -0.298. The van der Waals surface area contributed by atoms with Gasteiger partial charge in [-0.2, -0.15) is 0 Å². The summed E-state index contributed by atoms with van der Waals surface area (Å²) in [4.78, 5) is 42.6. The molecule has 1 saturated heterocycles. The van der Waals surface area contributed by atoms with Gasteiger partial charge in [-0.1, -0.05) is 24.9 Å². The second-order valence-electron chi connectivity index (χ2n) is 6.02. The largest absolute Gasteiger partial charge is 0.443 e. The van der Waals surface area contributed by atoms with Crippen molar-refractivity contribution in [3.05, 3.63) is 0 Å². The van der Waals surface area contributed by atoms with E-state index in [0.717, 1.165) is 4.90 Å². The molecule has 0 bridgehead atoms. The first-order chi connectivity index (χ1) is 10.8. The average molecular weight is 321 g/mol. The highest BCUT2D eigenvalue weighted by Gasteiger charge is 2.62. The first kappa shape index (κ1) is 16.8. The molecule has 0 aromatic rings. The van der Waals surface area contributed by atoms with Gasteiger partial charge in [0, 0.05) is 12.1 Å². The fourth-order valence-electron chi connectivity index (χ4n) is 2.71. The van der Waals surface area contributed by atoms with Gasteiger partial charge in [-0.05, 0) is 5.41 Å². The molecular weight excluding hydrogens is 302 g/mol. The zero-order valence-corrected chi connectivity index (χ0v) is 13.3. The van der Waals surface area contributed by atoms with Crippen LogP contribution in [0.15, 0.2) is 5.16 Å². The topological polar surface area (TPSA) is 88.5 Å². The molecule has 8 nitrogen and oxygen atoms in total. The van der Waals surface area contributed by atoms with Crippen molar-refractivity contribution in [2.24, 2.45) is 22.4 Å². The van der Waals surface area contributed by atoms with Gasteiger partial charge in [0.05, 0.1) is 12.5 Å². The molecule has 23 heavy (non-hydrogen) atoms. The first-order valence-electron chi connectivity index (χ1n) is 7.10. The van der Waals surface area contributed by atoms with Crippen molar-refractivity contribution in [2.75, 3.05) is 26.9 Å². The molecule has 0 radical (unpaired) electrons. The minimum atomic E-state index is -0.548. The summed E-state index contributed by atoms with van der Waals surface area (Å²) >= 11 is 0. The number of rotatable bonds is 6. The number of amides is 3. The second-order valence-corrected chi connectivity index (χ2v) is 6.02. The van der Waals surface area contributed by atoms with E-state index in [1.165, 1.54) is 12.0 Å². The standard InChI is InChI=1S/C15H19N3O5/c1-5-6-17-8-11(19)18(14(17)21)9-23-13(20)12-10(7-16-22-4)15(12,2)3/h1,7,10,12H,6,8-9H2,2-4H3/b16-7+. The Morgan fingerprint density at radius 2 is 2.22 bits per heavy atom. The zero-order chi connectivity index (χ0) is 17.2. The Bertz CT molecular complexity index is 592. The summed E-state index contributed by atoms with van der Waals surface area (Å²) in [6.45, 7) is 3.36. The van der Waals surface area contributed by atoms with E-state index in [9.17, 15) is 14.4 Å².